The van der Waals surface area contributed by atoms with E-state index in [9.17, 15) is 9.59 Å². The zero-order valence-electron chi connectivity index (χ0n) is 8.77. The van der Waals surface area contributed by atoms with Crippen molar-refractivity contribution in [2.45, 2.75) is 6.42 Å². The van der Waals surface area contributed by atoms with Crippen LogP contribution in [0.15, 0.2) is 29.2 Å². The van der Waals surface area contributed by atoms with Crippen molar-refractivity contribution < 1.29 is 14.7 Å². The average molecular weight is 247 g/mol. The van der Waals surface area contributed by atoms with Gasteiger partial charge in [-0.15, -0.1) is 0 Å². The van der Waals surface area contributed by atoms with Gasteiger partial charge in [0.2, 0.25) is 0 Å². The Morgan fingerprint density at radius 3 is 2.47 bits per heavy atom. The second-order valence-corrected chi connectivity index (χ2v) is 4.70. The summed E-state index contributed by atoms with van der Waals surface area (Å²) in [6.45, 7) is 0. The highest BCUT2D eigenvalue weighted by Gasteiger charge is 2.22. The number of hydrogen-bond donors (Lipinski definition) is 2. The quantitative estimate of drug-likeness (QED) is 0.786. The van der Waals surface area contributed by atoms with Crippen LogP contribution in [0.25, 0.3) is 6.08 Å². The van der Waals surface area contributed by atoms with Crippen molar-refractivity contribution in [1.82, 2.24) is 0 Å². The predicted octanol–water partition coefficient (Wildman–Crippen LogP) is 2.41. The van der Waals surface area contributed by atoms with Gasteiger partial charge in [0.15, 0.2) is 5.78 Å². The summed E-state index contributed by atoms with van der Waals surface area (Å²) in [5.41, 5.74) is 0.978. The molecule has 0 atom stereocenters. The number of carboxylic acid groups (broad SMARTS) is 1. The summed E-state index contributed by atoms with van der Waals surface area (Å²) in [5, 5.41) is 16.5. The Bertz CT molecular complexity index is 531. The summed E-state index contributed by atoms with van der Waals surface area (Å²) in [5.74, 6) is -1.03. The van der Waals surface area contributed by atoms with Crippen molar-refractivity contribution in [2.24, 2.45) is 0 Å². The van der Waals surface area contributed by atoms with E-state index in [-0.39, 0.29) is 17.8 Å². The molecule has 1 aliphatic heterocycles. The lowest BCUT2D eigenvalue weighted by Crippen LogP contribution is -1.95. The molecule has 2 N–H and O–H groups in total. The van der Waals surface area contributed by atoms with Gasteiger partial charge in [-0.2, -0.15) is 0 Å². The fraction of sp³-hybridized carbons (Fsp3) is 0.0833. The molecule has 86 valence electrons. The Balaban J connectivity index is 2.24. The van der Waals surface area contributed by atoms with Gasteiger partial charge in [0.25, 0.3) is 0 Å². The summed E-state index contributed by atoms with van der Waals surface area (Å²) < 4.78 is 0. The van der Waals surface area contributed by atoms with E-state index in [1.165, 1.54) is 12.1 Å². The third kappa shape index (κ3) is 2.62. The number of carbonyl (C=O) groups excluding carboxylic acids is 1. The maximum atomic E-state index is 11.4. The molecular weight excluding hydrogens is 238 g/mol. The molecule has 0 saturated carbocycles. The van der Waals surface area contributed by atoms with Crippen LogP contribution in [0, 0.1) is 5.41 Å². The molecule has 1 aromatic rings. The molecule has 0 radical (unpaired) electrons. The van der Waals surface area contributed by atoms with E-state index in [1.54, 1.807) is 18.2 Å². The van der Waals surface area contributed by atoms with Crippen LogP contribution in [-0.2, 0) is 4.79 Å². The van der Waals surface area contributed by atoms with Gasteiger partial charge in [0.1, 0.15) is 0 Å². The highest BCUT2D eigenvalue weighted by Crippen LogP contribution is 2.30. The minimum Gasteiger partial charge on any atom is -0.478 e. The van der Waals surface area contributed by atoms with Crippen LogP contribution in [0.4, 0.5) is 0 Å². The molecule has 0 amide bonds. The number of carboxylic acids is 1. The first-order valence-electron chi connectivity index (χ1n) is 4.90. The highest BCUT2D eigenvalue weighted by molar-refractivity contribution is 8.18. The molecule has 1 heterocycles. The van der Waals surface area contributed by atoms with Crippen LogP contribution in [0.1, 0.15) is 22.3 Å². The molecule has 0 unspecified atom stereocenters. The lowest BCUT2D eigenvalue weighted by atomic mass is 10.1. The molecule has 17 heavy (non-hydrogen) atoms. The van der Waals surface area contributed by atoms with Crippen molar-refractivity contribution in [3.8, 4) is 0 Å². The largest absolute Gasteiger partial charge is 0.478 e. The summed E-state index contributed by atoms with van der Waals surface area (Å²) in [6, 6.07) is 6.27. The van der Waals surface area contributed by atoms with Gasteiger partial charge >= 0.3 is 5.97 Å². The van der Waals surface area contributed by atoms with Gasteiger partial charge in [0.05, 0.1) is 21.9 Å². The number of carbonyl (C=O) groups is 2. The summed E-state index contributed by atoms with van der Waals surface area (Å²) >= 11 is 1.16. The van der Waals surface area contributed by atoms with Gasteiger partial charge < -0.3 is 5.11 Å². The van der Waals surface area contributed by atoms with Crippen LogP contribution >= 0.6 is 11.8 Å². The first kappa shape index (κ1) is 11.6. The lowest BCUT2D eigenvalue weighted by Gasteiger charge is -1.97. The number of thioether (sulfide) groups is 1. The van der Waals surface area contributed by atoms with E-state index in [1.807, 2.05) is 0 Å². The smallest absolute Gasteiger partial charge is 0.335 e. The van der Waals surface area contributed by atoms with Crippen molar-refractivity contribution in [2.75, 3.05) is 0 Å². The predicted molar refractivity (Wildman–Crippen MR) is 66.3 cm³/mol. The Morgan fingerprint density at radius 1 is 1.35 bits per heavy atom. The topological polar surface area (TPSA) is 78.2 Å². The fourth-order valence-corrected chi connectivity index (χ4v) is 2.29. The number of aromatic carboxylic acids is 1. The third-order valence-electron chi connectivity index (χ3n) is 2.28. The zero-order chi connectivity index (χ0) is 12.4. The molecule has 4 nitrogen and oxygen atoms in total. The number of rotatable bonds is 2. The molecule has 1 aromatic carbocycles. The fourth-order valence-electron chi connectivity index (χ4n) is 1.44. The monoisotopic (exact) mass is 247 g/mol. The third-order valence-corrected chi connectivity index (χ3v) is 3.24. The van der Waals surface area contributed by atoms with E-state index in [4.69, 9.17) is 10.5 Å². The van der Waals surface area contributed by atoms with Crippen LogP contribution in [0.2, 0.25) is 0 Å². The zero-order valence-corrected chi connectivity index (χ0v) is 9.58. The lowest BCUT2D eigenvalue weighted by molar-refractivity contribution is -0.113. The van der Waals surface area contributed by atoms with Crippen LogP contribution < -0.4 is 0 Å². The Labute approximate surface area is 102 Å². The molecule has 0 aromatic heterocycles. The average Bonchev–Trinajstić information content (AvgIpc) is 2.58. The maximum Gasteiger partial charge on any atom is 0.335 e. The van der Waals surface area contributed by atoms with Crippen LogP contribution in [-0.4, -0.2) is 21.9 Å². The summed E-state index contributed by atoms with van der Waals surface area (Å²) in [7, 11) is 0. The molecular formula is C12H9NO3S. The van der Waals surface area contributed by atoms with Gasteiger partial charge in [-0.05, 0) is 23.8 Å². The van der Waals surface area contributed by atoms with Gasteiger partial charge in [0, 0.05) is 0 Å². The minimum atomic E-state index is -0.975. The SMILES string of the molecule is N=C1CC(=O)/C(=C/c2ccc(C(=O)O)cc2)S1. The van der Waals surface area contributed by atoms with Crippen LogP contribution in [0.3, 0.4) is 0 Å². The molecule has 2 rings (SSSR count). The first-order valence-corrected chi connectivity index (χ1v) is 5.71. The Hall–Kier alpha value is -1.88. The van der Waals surface area contributed by atoms with Crippen molar-refractivity contribution in [3.05, 3.63) is 40.3 Å². The standard InChI is InChI=1S/C12H9NO3S/c13-11-6-9(14)10(17-11)5-7-1-3-8(4-2-7)12(15)16/h1-5,13H,6H2,(H,15,16)/b10-5-,13-11?. The Kier molecular flexibility index (Phi) is 3.10. The first-order chi connectivity index (χ1) is 8.06. The number of hydrogen-bond acceptors (Lipinski definition) is 4. The number of Topliss-reactive ketones (excluding diaryl/α,β-unsaturated/α-hetero) is 1. The summed E-state index contributed by atoms with van der Waals surface area (Å²) in [6.07, 6.45) is 1.85. The molecule has 0 aliphatic carbocycles. The number of nitrogens with one attached hydrogen (secondary N) is 1. The molecule has 1 aliphatic rings. The number of ketones is 1. The second kappa shape index (κ2) is 4.55. The van der Waals surface area contributed by atoms with Crippen LogP contribution in [0.5, 0.6) is 0 Å². The number of benzene rings is 1. The summed E-state index contributed by atoms with van der Waals surface area (Å²) in [4.78, 5) is 22.6. The highest BCUT2D eigenvalue weighted by atomic mass is 32.2. The van der Waals surface area contributed by atoms with Gasteiger partial charge in [-0.1, -0.05) is 23.9 Å². The molecule has 1 fully saturated rings. The normalized spacial score (nSPS) is 17.8. The Morgan fingerprint density at radius 2 is 2.00 bits per heavy atom. The maximum absolute atomic E-state index is 11.4. The molecule has 0 bridgehead atoms. The van der Waals surface area contributed by atoms with E-state index in [2.05, 4.69) is 0 Å². The van der Waals surface area contributed by atoms with E-state index in [0.717, 1.165) is 17.3 Å². The van der Waals surface area contributed by atoms with Crippen molar-refractivity contribution >= 4 is 34.6 Å². The molecule has 0 spiro atoms. The molecule has 1 saturated heterocycles. The van der Waals surface area contributed by atoms with Crippen molar-refractivity contribution in [3.63, 3.8) is 0 Å². The minimum absolute atomic E-state index is 0.0534. The molecule has 5 heteroatoms. The van der Waals surface area contributed by atoms with E-state index < -0.39 is 5.97 Å². The van der Waals surface area contributed by atoms with Gasteiger partial charge in [-0.25, -0.2) is 4.79 Å². The van der Waals surface area contributed by atoms with Gasteiger partial charge in [-0.3, -0.25) is 10.2 Å². The van der Waals surface area contributed by atoms with E-state index >= 15 is 0 Å². The van der Waals surface area contributed by atoms with Crippen molar-refractivity contribution in [1.29, 1.82) is 5.41 Å². The number of allylic oxidation sites excluding steroid dienone is 1. The second-order valence-electron chi connectivity index (χ2n) is 3.56. The van der Waals surface area contributed by atoms with E-state index in [0.29, 0.717) is 9.95 Å².